The summed E-state index contributed by atoms with van der Waals surface area (Å²) in [5, 5.41) is 8.18. The first-order chi connectivity index (χ1) is 13.2. The normalized spacial score (nSPS) is 10.7. The molecule has 4 rings (SSSR count). The van der Waals surface area contributed by atoms with Crippen LogP contribution < -0.4 is 5.32 Å². The standard InChI is InChI=1S/C22H21N5/c1-16-13-17(2)25-22(24-16)23-14-19-15-27(20-11-7-4-8-12-20)26-21(19)18-9-5-3-6-10-18/h3-13,15H,14H2,1-2H3,(H,23,24,25). The molecule has 27 heavy (non-hydrogen) atoms. The molecule has 5 nitrogen and oxygen atoms in total. The predicted octanol–water partition coefficient (Wildman–Crippen LogP) is 4.56. The van der Waals surface area contributed by atoms with Crippen molar-refractivity contribution in [1.82, 2.24) is 19.7 Å². The van der Waals surface area contributed by atoms with Gasteiger partial charge in [-0.25, -0.2) is 14.6 Å². The van der Waals surface area contributed by atoms with Gasteiger partial charge in [-0.2, -0.15) is 5.10 Å². The monoisotopic (exact) mass is 355 g/mol. The van der Waals surface area contributed by atoms with E-state index in [1.54, 1.807) is 0 Å². The summed E-state index contributed by atoms with van der Waals surface area (Å²) in [6, 6.07) is 22.3. The van der Waals surface area contributed by atoms with Crippen molar-refractivity contribution in [3.8, 4) is 16.9 Å². The van der Waals surface area contributed by atoms with Crippen molar-refractivity contribution >= 4 is 5.95 Å². The summed E-state index contributed by atoms with van der Waals surface area (Å²) in [4.78, 5) is 8.93. The second-order valence-corrected chi connectivity index (χ2v) is 6.48. The maximum absolute atomic E-state index is 4.83. The minimum Gasteiger partial charge on any atom is -0.350 e. The van der Waals surface area contributed by atoms with Crippen LogP contribution in [-0.4, -0.2) is 19.7 Å². The van der Waals surface area contributed by atoms with Gasteiger partial charge in [-0.05, 0) is 32.0 Å². The number of hydrogen-bond acceptors (Lipinski definition) is 4. The van der Waals surface area contributed by atoms with Gasteiger partial charge in [-0.15, -0.1) is 0 Å². The third-order valence-electron chi connectivity index (χ3n) is 4.28. The summed E-state index contributed by atoms with van der Waals surface area (Å²) in [5.41, 5.74) is 6.07. The van der Waals surface area contributed by atoms with Crippen molar-refractivity contribution < 1.29 is 0 Å². The lowest BCUT2D eigenvalue weighted by molar-refractivity contribution is 0.883. The molecule has 0 amide bonds. The summed E-state index contributed by atoms with van der Waals surface area (Å²) in [6.45, 7) is 4.55. The molecule has 5 heteroatoms. The average Bonchev–Trinajstić information content (AvgIpc) is 3.11. The second-order valence-electron chi connectivity index (χ2n) is 6.48. The summed E-state index contributed by atoms with van der Waals surface area (Å²) < 4.78 is 1.92. The molecule has 4 aromatic rings. The fraction of sp³-hybridized carbons (Fsp3) is 0.136. The Kier molecular flexibility index (Phi) is 4.66. The van der Waals surface area contributed by atoms with Gasteiger partial charge in [0.25, 0.3) is 0 Å². The number of para-hydroxylation sites is 1. The van der Waals surface area contributed by atoms with Gasteiger partial charge in [-0.1, -0.05) is 48.5 Å². The molecule has 134 valence electrons. The number of hydrogen-bond donors (Lipinski definition) is 1. The Hall–Kier alpha value is -3.47. The predicted molar refractivity (Wildman–Crippen MR) is 108 cm³/mol. The van der Waals surface area contributed by atoms with Crippen molar-refractivity contribution in [3.63, 3.8) is 0 Å². The largest absolute Gasteiger partial charge is 0.350 e. The smallest absolute Gasteiger partial charge is 0.223 e. The minimum atomic E-state index is 0.597. The quantitative estimate of drug-likeness (QED) is 0.570. The molecular weight excluding hydrogens is 334 g/mol. The van der Waals surface area contributed by atoms with Crippen LogP contribution >= 0.6 is 0 Å². The highest BCUT2D eigenvalue weighted by atomic mass is 15.3. The molecule has 0 aliphatic rings. The average molecular weight is 355 g/mol. The SMILES string of the molecule is Cc1cc(C)nc(NCc2cn(-c3ccccc3)nc2-c2ccccc2)n1. The zero-order chi connectivity index (χ0) is 18.6. The maximum atomic E-state index is 4.83. The maximum Gasteiger partial charge on any atom is 0.223 e. The Morgan fingerprint density at radius 1 is 0.852 bits per heavy atom. The first kappa shape index (κ1) is 17.0. The molecule has 0 atom stereocenters. The fourth-order valence-electron chi connectivity index (χ4n) is 3.07. The van der Waals surface area contributed by atoms with E-state index in [9.17, 15) is 0 Å². The fourth-order valence-corrected chi connectivity index (χ4v) is 3.07. The number of aryl methyl sites for hydroxylation is 2. The molecule has 0 aliphatic carbocycles. The topological polar surface area (TPSA) is 55.6 Å². The van der Waals surface area contributed by atoms with Gasteiger partial charge in [0.1, 0.15) is 0 Å². The van der Waals surface area contributed by atoms with Gasteiger partial charge < -0.3 is 5.32 Å². The zero-order valence-electron chi connectivity index (χ0n) is 15.4. The van der Waals surface area contributed by atoms with E-state index >= 15 is 0 Å². The van der Waals surface area contributed by atoms with Crippen molar-refractivity contribution in [2.45, 2.75) is 20.4 Å². The van der Waals surface area contributed by atoms with E-state index in [4.69, 9.17) is 5.10 Å². The van der Waals surface area contributed by atoms with Gasteiger partial charge >= 0.3 is 0 Å². The van der Waals surface area contributed by atoms with E-state index in [1.807, 2.05) is 73.1 Å². The molecule has 0 saturated heterocycles. The summed E-state index contributed by atoms with van der Waals surface area (Å²) >= 11 is 0. The van der Waals surface area contributed by atoms with E-state index in [1.165, 1.54) is 0 Å². The lowest BCUT2D eigenvalue weighted by atomic mass is 10.1. The lowest BCUT2D eigenvalue weighted by Crippen LogP contribution is -2.05. The van der Waals surface area contributed by atoms with Crippen molar-refractivity contribution in [3.05, 3.63) is 89.9 Å². The number of benzene rings is 2. The molecule has 0 spiro atoms. The Balaban J connectivity index is 1.68. The molecule has 2 heterocycles. The van der Waals surface area contributed by atoms with E-state index in [0.29, 0.717) is 12.5 Å². The summed E-state index contributed by atoms with van der Waals surface area (Å²) in [7, 11) is 0. The highest BCUT2D eigenvalue weighted by Gasteiger charge is 2.12. The van der Waals surface area contributed by atoms with Crippen molar-refractivity contribution in [2.75, 3.05) is 5.32 Å². The molecular formula is C22H21N5. The molecule has 0 unspecified atom stereocenters. The third-order valence-corrected chi connectivity index (χ3v) is 4.28. The van der Waals surface area contributed by atoms with Gasteiger partial charge in [-0.3, -0.25) is 0 Å². The van der Waals surface area contributed by atoms with Gasteiger partial charge in [0.2, 0.25) is 5.95 Å². The number of anilines is 1. The van der Waals surface area contributed by atoms with Gasteiger partial charge in [0.15, 0.2) is 0 Å². The highest BCUT2D eigenvalue weighted by molar-refractivity contribution is 5.63. The first-order valence-corrected chi connectivity index (χ1v) is 8.94. The van der Waals surface area contributed by atoms with E-state index in [-0.39, 0.29) is 0 Å². The Morgan fingerprint density at radius 2 is 1.48 bits per heavy atom. The Bertz CT molecular complexity index is 1020. The Morgan fingerprint density at radius 3 is 2.15 bits per heavy atom. The van der Waals surface area contributed by atoms with Crippen LogP contribution in [0.4, 0.5) is 5.95 Å². The summed E-state index contributed by atoms with van der Waals surface area (Å²) in [6.07, 6.45) is 2.06. The van der Waals surface area contributed by atoms with Crippen LogP contribution in [0.25, 0.3) is 16.9 Å². The second kappa shape index (κ2) is 7.41. The molecule has 0 saturated carbocycles. The third kappa shape index (κ3) is 3.87. The van der Waals surface area contributed by atoms with Crippen LogP contribution in [0.15, 0.2) is 72.9 Å². The number of rotatable bonds is 5. The van der Waals surface area contributed by atoms with Crippen molar-refractivity contribution in [2.24, 2.45) is 0 Å². The van der Waals surface area contributed by atoms with E-state index < -0.39 is 0 Å². The van der Waals surface area contributed by atoms with Crippen LogP contribution in [-0.2, 0) is 6.54 Å². The Labute approximate surface area is 158 Å². The molecule has 0 aliphatic heterocycles. The molecule has 2 aromatic carbocycles. The first-order valence-electron chi connectivity index (χ1n) is 8.94. The number of aromatic nitrogens is 4. The van der Waals surface area contributed by atoms with Gasteiger partial charge in [0.05, 0.1) is 11.4 Å². The van der Waals surface area contributed by atoms with E-state index in [0.717, 1.165) is 33.9 Å². The molecule has 1 N–H and O–H groups in total. The molecule has 0 radical (unpaired) electrons. The molecule has 0 fully saturated rings. The number of nitrogens with zero attached hydrogens (tertiary/aromatic N) is 4. The van der Waals surface area contributed by atoms with Crippen LogP contribution in [0.2, 0.25) is 0 Å². The number of nitrogens with one attached hydrogen (secondary N) is 1. The van der Waals surface area contributed by atoms with Gasteiger partial charge in [0, 0.05) is 35.3 Å². The minimum absolute atomic E-state index is 0.597. The molecule has 2 aromatic heterocycles. The van der Waals surface area contributed by atoms with Crippen LogP contribution in [0.1, 0.15) is 17.0 Å². The van der Waals surface area contributed by atoms with Crippen LogP contribution in [0.3, 0.4) is 0 Å². The highest BCUT2D eigenvalue weighted by Crippen LogP contribution is 2.24. The van der Waals surface area contributed by atoms with Crippen LogP contribution in [0.5, 0.6) is 0 Å². The van der Waals surface area contributed by atoms with Crippen molar-refractivity contribution in [1.29, 1.82) is 0 Å². The van der Waals surface area contributed by atoms with Crippen LogP contribution in [0, 0.1) is 13.8 Å². The van der Waals surface area contributed by atoms with E-state index in [2.05, 4.69) is 33.6 Å². The zero-order valence-corrected chi connectivity index (χ0v) is 15.4. The summed E-state index contributed by atoms with van der Waals surface area (Å²) in [5.74, 6) is 0.638. The molecule has 0 bridgehead atoms. The lowest BCUT2D eigenvalue weighted by Gasteiger charge is -2.07.